The minimum atomic E-state index is -0.630. The van der Waals surface area contributed by atoms with Crippen LogP contribution in [0.3, 0.4) is 0 Å². The summed E-state index contributed by atoms with van der Waals surface area (Å²) in [5.74, 6) is 1.28. The predicted octanol–water partition coefficient (Wildman–Crippen LogP) is 0.939. The number of aromatic nitrogens is 1. The quantitative estimate of drug-likeness (QED) is 0.740. The fourth-order valence-corrected chi connectivity index (χ4v) is 5.60. The van der Waals surface area contributed by atoms with Crippen LogP contribution in [0.1, 0.15) is 5.56 Å². The molecule has 0 aliphatic carbocycles. The molecule has 4 aliphatic rings. The molecule has 3 fully saturated rings. The fourth-order valence-electron chi connectivity index (χ4n) is 4.70. The SMILES string of the molecule is O=C(C1C2C(=O)N(Cc3cccnc3)C[C@@]23C=C[C@@H]1O3)N1CCSCC1. The van der Waals surface area contributed by atoms with Crippen molar-refractivity contribution < 1.29 is 14.3 Å². The van der Waals surface area contributed by atoms with E-state index in [2.05, 4.69) is 4.98 Å². The van der Waals surface area contributed by atoms with Crippen LogP contribution in [0.4, 0.5) is 0 Å². The lowest BCUT2D eigenvalue weighted by Crippen LogP contribution is -2.48. The van der Waals surface area contributed by atoms with E-state index >= 15 is 0 Å². The first kappa shape index (κ1) is 16.3. The number of thioether (sulfide) groups is 1. The number of hydrogen-bond acceptors (Lipinski definition) is 5. The van der Waals surface area contributed by atoms with Gasteiger partial charge in [-0.2, -0.15) is 11.8 Å². The third kappa shape index (κ3) is 2.41. The molecule has 5 rings (SSSR count). The zero-order valence-corrected chi connectivity index (χ0v) is 15.2. The highest BCUT2D eigenvalue weighted by Crippen LogP contribution is 2.52. The Morgan fingerprint density at radius 2 is 2.23 bits per heavy atom. The van der Waals surface area contributed by atoms with Gasteiger partial charge in [0.05, 0.1) is 24.5 Å². The lowest BCUT2D eigenvalue weighted by Gasteiger charge is -2.32. The Labute approximate surface area is 156 Å². The van der Waals surface area contributed by atoms with Gasteiger partial charge in [0, 0.05) is 43.5 Å². The Hall–Kier alpha value is -1.86. The second kappa shape index (κ2) is 6.09. The van der Waals surface area contributed by atoms with Gasteiger partial charge in [-0.3, -0.25) is 14.6 Å². The van der Waals surface area contributed by atoms with Gasteiger partial charge < -0.3 is 14.5 Å². The van der Waals surface area contributed by atoms with E-state index in [1.54, 1.807) is 12.4 Å². The van der Waals surface area contributed by atoms with E-state index in [1.807, 2.05) is 45.8 Å². The molecule has 7 heteroatoms. The standard InChI is InChI=1S/C19H21N3O3S/c23-17(21-6-8-26-9-7-21)15-14-3-4-19(25-14)12-22(18(24)16(15)19)11-13-2-1-5-20-10-13/h1-5,10,14-16H,6-9,11-12H2/t14-,15?,16?,19-/m0/s1. The van der Waals surface area contributed by atoms with Crippen molar-refractivity contribution in [3.63, 3.8) is 0 Å². The summed E-state index contributed by atoms with van der Waals surface area (Å²) < 4.78 is 6.20. The Morgan fingerprint density at radius 1 is 1.38 bits per heavy atom. The Kier molecular flexibility index (Phi) is 3.83. The molecule has 4 atom stereocenters. The number of carbonyl (C=O) groups is 2. The van der Waals surface area contributed by atoms with E-state index < -0.39 is 11.5 Å². The summed E-state index contributed by atoms with van der Waals surface area (Å²) in [6, 6.07) is 3.84. The van der Waals surface area contributed by atoms with Crippen LogP contribution in [-0.2, 0) is 20.9 Å². The molecule has 2 unspecified atom stereocenters. The van der Waals surface area contributed by atoms with Crippen molar-refractivity contribution in [2.75, 3.05) is 31.1 Å². The maximum Gasteiger partial charge on any atom is 0.230 e. The molecular weight excluding hydrogens is 350 g/mol. The van der Waals surface area contributed by atoms with Crippen molar-refractivity contribution in [1.82, 2.24) is 14.8 Å². The molecule has 2 bridgehead atoms. The number of ether oxygens (including phenoxy) is 1. The Balaban J connectivity index is 1.40. The summed E-state index contributed by atoms with van der Waals surface area (Å²) >= 11 is 1.87. The van der Waals surface area contributed by atoms with E-state index in [4.69, 9.17) is 4.74 Å². The van der Waals surface area contributed by atoms with Crippen LogP contribution in [0.15, 0.2) is 36.7 Å². The second-order valence-corrected chi connectivity index (χ2v) is 8.62. The summed E-state index contributed by atoms with van der Waals surface area (Å²) in [7, 11) is 0. The van der Waals surface area contributed by atoms with Crippen molar-refractivity contribution in [1.29, 1.82) is 0 Å². The molecule has 1 aromatic heterocycles. The average molecular weight is 371 g/mol. The molecule has 2 amide bonds. The molecule has 26 heavy (non-hydrogen) atoms. The smallest absolute Gasteiger partial charge is 0.230 e. The molecule has 0 aromatic carbocycles. The van der Waals surface area contributed by atoms with Crippen molar-refractivity contribution in [3.05, 3.63) is 42.2 Å². The average Bonchev–Trinajstić information content (AvgIpc) is 3.31. The third-order valence-corrected chi connectivity index (χ3v) is 6.83. The maximum absolute atomic E-state index is 13.2. The van der Waals surface area contributed by atoms with Crippen LogP contribution in [0, 0.1) is 11.8 Å². The largest absolute Gasteiger partial charge is 0.360 e. The monoisotopic (exact) mass is 371 g/mol. The van der Waals surface area contributed by atoms with E-state index in [0.29, 0.717) is 13.1 Å². The van der Waals surface area contributed by atoms with E-state index in [-0.39, 0.29) is 23.8 Å². The molecule has 0 radical (unpaired) electrons. The summed E-state index contributed by atoms with van der Waals surface area (Å²) in [6.45, 7) is 2.56. The molecule has 136 valence electrons. The molecule has 5 heterocycles. The number of hydrogen-bond donors (Lipinski definition) is 0. The van der Waals surface area contributed by atoms with Crippen molar-refractivity contribution >= 4 is 23.6 Å². The summed E-state index contributed by atoms with van der Waals surface area (Å²) in [5, 5.41) is 0. The van der Waals surface area contributed by atoms with Gasteiger partial charge in [0.15, 0.2) is 0 Å². The zero-order chi connectivity index (χ0) is 17.7. The number of carbonyl (C=O) groups excluding carboxylic acids is 2. The van der Waals surface area contributed by atoms with Gasteiger partial charge >= 0.3 is 0 Å². The molecule has 4 aliphatic heterocycles. The number of fused-ring (bicyclic) bond motifs is 1. The Morgan fingerprint density at radius 3 is 3.00 bits per heavy atom. The maximum atomic E-state index is 13.2. The summed E-state index contributed by atoms with van der Waals surface area (Å²) in [4.78, 5) is 34.2. The molecule has 1 aromatic rings. The van der Waals surface area contributed by atoms with Crippen LogP contribution < -0.4 is 0 Å². The van der Waals surface area contributed by atoms with E-state index in [0.717, 1.165) is 30.2 Å². The predicted molar refractivity (Wildman–Crippen MR) is 97.3 cm³/mol. The zero-order valence-electron chi connectivity index (χ0n) is 14.4. The molecule has 0 N–H and O–H groups in total. The fraction of sp³-hybridized carbons (Fsp3) is 0.526. The second-order valence-electron chi connectivity index (χ2n) is 7.39. The first-order valence-corrected chi connectivity index (χ1v) is 10.2. The van der Waals surface area contributed by atoms with Crippen LogP contribution in [-0.4, -0.2) is 69.4 Å². The van der Waals surface area contributed by atoms with Gasteiger partial charge in [-0.1, -0.05) is 18.2 Å². The topological polar surface area (TPSA) is 62.7 Å². The third-order valence-electron chi connectivity index (χ3n) is 5.88. The van der Waals surface area contributed by atoms with Gasteiger partial charge in [0.2, 0.25) is 11.8 Å². The van der Waals surface area contributed by atoms with E-state index in [1.165, 1.54) is 0 Å². The van der Waals surface area contributed by atoms with Crippen LogP contribution in [0.2, 0.25) is 0 Å². The Bertz CT molecular complexity index is 765. The molecular formula is C19H21N3O3S. The number of pyridine rings is 1. The minimum absolute atomic E-state index is 0.0328. The van der Waals surface area contributed by atoms with Crippen LogP contribution >= 0.6 is 11.8 Å². The highest BCUT2D eigenvalue weighted by Gasteiger charge is 2.67. The minimum Gasteiger partial charge on any atom is -0.360 e. The number of amides is 2. The normalized spacial score (nSPS) is 35.2. The summed E-state index contributed by atoms with van der Waals surface area (Å²) in [6.07, 6.45) is 7.24. The number of nitrogens with zero attached hydrogens (tertiary/aromatic N) is 3. The number of likely N-dealkylation sites (tertiary alicyclic amines) is 1. The van der Waals surface area contributed by atoms with Gasteiger partial charge in [-0.25, -0.2) is 0 Å². The lowest BCUT2D eigenvalue weighted by molar-refractivity contribution is -0.143. The number of rotatable bonds is 3. The molecule has 6 nitrogen and oxygen atoms in total. The van der Waals surface area contributed by atoms with Gasteiger partial charge in [0.25, 0.3) is 0 Å². The first-order valence-electron chi connectivity index (χ1n) is 9.09. The molecule has 1 spiro atoms. The summed E-state index contributed by atoms with van der Waals surface area (Å²) in [5.41, 5.74) is 0.362. The molecule has 3 saturated heterocycles. The first-order chi connectivity index (χ1) is 12.7. The van der Waals surface area contributed by atoms with Crippen LogP contribution in [0.5, 0.6) is 0 Å². The van der Waals surface area contributed by atoms with Gasteiger partial charge in [-0.15, -0.1) is 0 Å². The lowest BCUT2D eigenvalue weighted by atomic mass is 9.76. The van der Waals surface area contributed by atoms with Crippen molar-refractivity contribution in [2.45, 2.75) is 18.2 Å². The van der Waals surface area contributed by atoms with E-state index in [9.17, 15) is 9.59 Å². The highest BCUT2D eigenvalue weighted by molar-refractivity contribution is 7.99. The van der Waals surface area contributed by atoms with Gasteiger partial charge in [0.1, 0.15) is 5.60 Å². The van der Waals surface area contributed by atoms with Crippen LogP contribution in [0.25, 0.3) is 0 Å². The van der Waals surface area contributed by atoms with Crippen molar-refractivity contribution in [3.8, 4) is 0 Å². The van der Waals surface area contributed by atoms with Crippen molar-refractivity contribution in [2.24, 2.45) is 11.8 Å². The molecule has 0 saturated carbocycles. The van der Waals surface area contributed by atoms with Gasteiger partial charge in [-0.05, 0) is 11.6 Å². The highest BCUT2D eigenvalue weighted by atomic mass is 32.2.